The number of hydrogen-bond acceptors (Lipinski definition) is 4. The zero-order chi connectivity index (χ0) is 19.9. The number of halogens is 1. The Bertz CT molecular complexity index is 1010. The molecule has 1 atom stereocenters. The van der Waals surface area contributed by atoms with E-state index in [1.165, 1.54) is 0 Å². The lowest BCUT2D eigenvalue weighted by Gasteiger charge is -2.16. The van der Waals surface area contributed by atoms with E-state index in [-0.39, 0.29) is 5.91 Å². The van der Waals surface area contributed by atoms with Crippen LogP contribution in [-0.4, -0.2) is 11.9 Å². The fourth-order valence-corrected chi connectivity index (χ4v) is 2.69. The van der Waals surface area contributed by atoms with Crippen molar-refractivity contribution in [2.45, 2.75) is 13.0 Å². The third-order valence-corrected chi connectivity index (χ3v) is 4.31. The molecule has 3 aromatic carbocycles. The van der Waals surface area contributed by atoms with E-state index < -0.39 is 6.04 Å². The van der Waals surface area contributed by atoms with Crippen LogP contribution in [-0.2, 0) is 4.79 Å². The van der Waals surface area contributed by atoms with Crippen LogP contribution < -0.4 is 15.4 Å². The Kier molecular flexibility index (Phi) is 6.15. The van der Waals surface area contributed by atoms with E-state index >= 15 is 0 Å². The van der Waals surface area contributed by atoms with Gasteiger partial charge in [-0.15, -0.1) is 0 Å². The van der Waals surface area contributed by atoms with Gasteiger partial charge < -0.3 is 15.4 Å². The predicted molar refractivity (Wildman–Crippen MR) is 111 cm³/mol. The van der Waals surface area contributed by atoms with Crippen LogP contribution in [0.25, 0.3) is 0 Å². The summed E-state index contributed by atoms with van der Waals surface area (Å²) in [6.45, 7) is 1.75. The van der Waals surface area contributed by atoms with E-state index in [1.807, 2.05) is 24.3 Å². The summed E-state index contributed by atoms with van der Waals surface area (Å²) in [5.41, 5.74) is 1.68. The first-order chi connectivity index (χ1) is 13.6. The highest BCUT2D eigenvalue weighted by Crippen LogP contribution is 2.29. The van der Waals surface area contributed by atoms with Gasteiger partial charge in [0.05, 0.1) is 16.3 Å². The van der Waals surface area contributed by atoms with Gasteiger partial charge in [0.1, 0.15) is 23.6 Å². The molecule has 2 N–H and O–H groups in total. The van der Waals surface area contributed by atoms with Gasteiger partial charge in [0.15, 0.2) is 0 Å². The van der Waals surface area contributed by atoms with Gasteiger partial charge in [0, 0.05) is 5.69 Å². The Hall–Kier alpha value is -3.49. The molecule has 0 aromatic heterocycles. The molecule has 0 spiro atoms. The zero-order valence-corrected chi connectivity index (χ0v) is 15.9. The monoisotopic (exact) mass is 391 g/mol. The van der Waals surface area contributed by atoms with E-state index in [0.717, 1.165) is 5.69 Å². The number of benzene rings is 3. The van der Waals surface area contributed by atoms with Crippen LogP contribution in [0.1, 0.15) is 12.5 Å². The van der Waals surface area contributed by atoms with Crippen LogP contribution in [0.5, 0.6) is 11.5 Å². The minimum absolute atomic E-state index is 0.237. The smallest absolute Gasteiger partial charge is 0.246 e. The van der Waals surface area contributed by atoms with Crippen LogP contribution in [0.2, 0.25) is 5.02 Å². The largest absolute Gasteiger partial charge is 0.456 e. The summed E-state index contributed by atoms with van der Waals surface area (Å²) < 4.78 is 5.75. The van der Waals surface area contributed by atoms with E-state index in [4.69, 9.17) is 21.6 Å². The first kappa shape index (κ1) is 19.3. The van der Waals surface area contributed by atoms with E-state index in [2.05, 4.69) is 16.7 Å². The Balaban J connectivity index is 1.61. The number of carbonyl (C=O) groups is 1. The third kappa shape index (κ3) is 4.81. The fraction of sp³-hybridized carbons (Fsp3) is 0.0909. The Morgan fingerprint density at radius 2 is 1.71 bits per heavy atom. The minimum Gasteiger partial charge on any atom is -0.456 e. The van der Waals surface area contributed by atoms with Crippen molar-refractivity contribution >= 4 is 28.9 Å². The van der Waals surface area contributed by atoms with Gasteiger partial charge in [-0.05, 0) is 55.5 Å². The number of para-hydroxylation sites is 2. The number of amides is 1. The average Bonchev–Trinajstić information content (AvgIpc) is 2.71. The van der Waals surface area contributed by atoms with Crippen molar-refractivity contribution in [2.75, 3.05) is 10.6 Å². The molecule has 5 nitrogen and oxygen atoms in total. The Morgan fingerprint density at radius 1 is 1.04 bits per heavy atom. The lowest BCUT2D eigenvalue weighted by Crippen LogP contribution is -2.32. The number of nitrogens with one attached hydrogen (secondary N) is 2. The van der Waals surface area contributed by atoms with Crippen LogP contribution in [0, 0.1) is 11.3 Å². The van der Waals surface area contributed by atoms with E-state index in [9.17, 15) is 4.79 Å². The fourth-order valence-electron chi connectivity index (χ4n) is 2.52. The standard InChI is InChI=1S/C22H18ClN3O2/c1-15(22(27)26-20-8-4-2-6-16(20)14-24)25-17-10-12-18(13-11-17)28-21-9-5-3-7-19(21)23/h2-13,15,25H,1H3,(H,26,27). The first-order valence-corrected chi connectivity index (χ1v) is 9.03. The summed E-state index contributed by atoms with van der Waals surface area (Å²) in [5, 5.41) is 15.5. The molecular weight excluding hydrogens is 374 g/mol. The van der Waals surface area contributed by atoms with Crippen molar-refractivity contribution in [2.24, 2.45) is 0 Å². The zero-order valence-electron chi connectivity index (χ0n) is 15.1. The molecule has 0 aliphatic rings. The summed E-state index contributed by atoms with van der Waals surface area (Å²) in [5.74, 6) is 0.978. The third-order valence-electron chi connectivity index (χ3n) is 4.00. The molecule has 0 saturated heterocycles. The number of hydrogen-bond donors (Lipinski definition) is 2. The highest BCUT2D eigenvalue weighted by Gasteiger charge is 2.14. The van der Waals surface area contributed by atoms with Gasteiger partial charge in [-0.3, -0.25) is 4.79 Å². The van der Waals surface area contributed by atoms with Gasteiger partial charge in [-0.2, -0.15) is 5.26 Å². The SMILES string of the molecule is CC(Nc1ccc(Oc2ccccc2Cl)cc1)C(=O)Nc1ccccc1C#N. The van der Waals surface area contributed by atoms with Crippen molar-refractivity contribution in [1.29, 1.82) is 5.26 Å². The molecule has 0 bridgehead atoms. The molecule has 0 radical (unpaired) electrons. The molecule has 0 fully saturated rings. The number of rotatable bonds is 6. The Labute approximate surface area is 168 Å². The molecule has 0 aliphatic heterocycles. The van der Waals surface area contributed by atoms with Crippen molar-refractivity contribution < 1.29 is 9.53 Å². The molecule has 3 rings (SSSR count). The number of nitrogens with zero attached hydrogens (tertiary/aromatic N) is 1. The van der Waals surface area contributed by atoms with Crippen LogP contribution in [0.15, 0.2) is 72.8 Å². The normalized spacial score (nSPS) is 11.2. The molecule has 0 heterocycles. The maximum absolute atomic E-state index is 12.4. The van der Waals surface area contributed by atoms with Crippen LogP contribution >= 0.6 is 11.6 Å². The number of nitriles is 1. The summed E-state index contributed by atoms with van der Waals surface area (Å²) in [6.07, 6.45) is 0. The van der Waals surface area contributed by atoms with E-state index in [1.54, 1.807) is 55.5 Å². The van der Waals surface area contributed by atoms with Crippen molar-refractivity contribution in [1.82, 2.24) is 0 Å². The predicted octanol–water partition coefficient (Wildman–Crippen LogP) is 5.44. The number of ether oxygens (including phenoxy) is 1. The lowest BCUT2D eigenvalue weighted by molar-refractivity contribution is -0.116. The molecular formula is C22H18ClN3O2. The van der Waals surface area contributed by atoms with Gasteiger partial charge in [-0.25, -0.2) is 0 Å². The summed E-state index contributed by atoms with van der Waals surface area (Å²) in [4.78, 5) is 12.4. The van der Waals surface area contributed by atoms with Crippen LogP contribution in [0.3, 0.4) is 0 Å². The van der Waals surface area contributed by atoms with Gasteiger partial charge in [0.2, 0.25) is 5.91 Å². The molecule has 3 aromatic rings. The van der Waals surface area contributed by atoms with Gasteiger partial charge in [0.25, 0.3) is 0 Å². The molecule has 1 unspecified atom stereocenters. The Morgan fingerprint density at radius 3 is 2.43 bits per heavy atom. The van der Waals surface area contributed by atoms with Gasteiger partial charge >= 0.3 is 0 Å². The lowest BCUT2D eigenvalue weighted by atomic mass is 10.2. The topological polar surface area (TPSA) is 74.2 Å². The molecule has 140 valence electrons. The average molecular weight is 392 g/mol. The summed E-state index contributed by atoms with van der Waals surface area (Å²) in [7, 11) is 0. The molecule has 0 aliphatic carbocycles. The molecule has 6 heteroatoms. The summed E-state index contributed by atoms with van der Waals surface area (Å²) in [6, 6.07) is 22.9. The quantitative estimate of drug-likeness (QED) is 0.586. The highest BCUT2D eigenvalue weighted by atomic mass is 35.5. The minimum atomic E-state index is -0.498. The first-order valence-electron chi connectivity index (χ1n) is 8.66. The molecule has 1 amide bonds. The second-order valence-electron chi connectivity index (χ2n) is 6.07. The summed E-state index contributed by atoms with van der Waals surface area (Å²) >= 11 is 6.10. The van der Waals surface area contributed by atoms with Crippen molar-refractivity contribution in [3.63, 3.8) is 0 Å². The number of anilines is 2. The molecule has 28 heavy (non-hydrogen) atoms. The highest BCUT2D eigenvalue weighted by molar-refractivity contribution is 6.32. The number of carbonyl (C=O) groups excluding carboxylic acids is 1. The van der Waals surface area contributed by atoms with Crippen molar-refractivity contribution in [3.05, 3.63) is 83.4 Å². The molecule has 0 saturated carbocycles. The van der Waals surface area contributed by atoms with Crippen molar-refractivity contribution in [3.8, 4) is 17.6 Å². The van der Waals surface area contributed by atoms with Gasteiger partial charge in [-0.1, -0.05) is 35.9 Å². The van der Waals surface area contributed by atoms with E-state index in [0.29, 0.717) is 27.8 Å². The van der Waals surface area contributed by atoms with Crippen LogP contribution in [0.4, 0.5) is 11.4 Å². The maximum atomic E-state index is 12.4. The second-order valence-corrected chi connectivity index (χ2v) is 6.48. The maximum Gasteiger partial charge on any atom is 0.246 e. The second kappa shape index (κ2) is 8.94.